The van der Waals surface area contributed by atoms with Gasteiger partial charge in [-0.3, -0.25) is 9.59 Å². The Labute approximate surface area is 174 Å². The molecule has 2 N–H and O–H groups in total. The van der Waals surface area contributed by atoms with Crippen molar-refractivity contribution >= 4 is 29.1 Å². The van der Waals surface area contributed by atoms with Crippen molar-refractivity contribution in [2.75, 3.05) is 11.9 Å². The van der Waals surface area contributed by atoms with Crippen molar-refractivity contribution in [3.8, 4) is 5.75 Å². The van der Waals surface area contributed by atoms with Gasteiger partial charge in [0.15, 0.2) is 6.61 Å². The first-order valence-electron chi connectivity index (χ1n) is 9.16. The van der Waals surface area contributed by atoms with Crippen LogP contribution < -0.4 is 15.4 Å². The van der Waals surface area contributed by atoms with Crippen LogP contribution in [0.1, 0.15) is 28.9 Å². The molecule has 5 nitrogen and oxygen atoms in total. The lowest BCUT2D eigenvalue weighted by atomic mass is 10.1. The van der Waals surface area contributed by atoms with Crippen LogP contribution in [0.3, 0.4) is 0 Å². The number of hydrogen-bond acceptors (Lipinski definition) is 3. The molecule has 0 heterocycles. The van der Waals surface area contributed by atoms with E-state index in [2.05, 4.69) is 10.6 Å². The summed E-state index contributed by atoms with van der Waals surface area (Å²) < 4.78 is 5.46. The van der Waals surface area contributed by atoms with E-state index < -0.39 is 0 Å². The smallest absolute Gasteiger partial charge is 0.258 e. The summed E-state index contributed by atoms with van der Waals surface area (Å²) in [4.78, 5) is 24.5. The standard InChI is InChI=1S/C23H21ClN2O3/c1-16(25-22(27)15-29-21-13-6-5-12-20(21)24)18-10-7-11-19(14-18)26-23(28)17-8-3-2-4-9-17/h2-14,16H,15H2,1H3,(H,25,27)(H,26,28)/t16-/m0/s1. The minimum Gasteiger partial charge on any atom is -0.482 e. The Morgan fingerprint density at radius 1 is 0.966 bits per heavy atom. The molecule has 0 aliphatic heterocycles. The fourth-order valence-electron chi connectivity index (χ4n) is 2.75. The Morgan fingerprint density at radius 3 is 2.45 bits per heavy atom. The third kappa shape index (κ3) is 5.83. The normalized spacial score (nSPS) is 11.4. The van der Waals surface area contributed by atoms with Gasteiger partial charge in [-0.2, -0.15) is 0 Å². The zero-order valence-electron chi connectivity index (χ0n) is 15.9. The van der Waals surface area contributed by atoms with Crippen LogP contribution in [-0.4, -0.2) is 18.4 Å². The Morgan fingerprint density at radius 2 is 1.69 bits per heavy atom. The van der Waals surface area contributed by atoms with Gasteiger partial charge < -0.3 is 15.4 Å². The van der Waals surface area contributed by atoms with Gasteiger partial charge in [-0.15, -0.1) is 0 Å². The third-order valence-electron chi connectivity index (χ3n) is 4.25. The van der Waals surface area contributed by atoms with Gasteiger partial charge in [0.2, 0.25) is 0 Å². The van der Waals surface area contributed by atoms with Crippen LogP contribution in [0.15, 0.2) is 78.9 Å². The second-order valence-corrected chi connectivity index (χ2v) is 6.86. The molecule has 3 aromatic rings. The minimum atomic E-state index is -0.267. The number of ether oxygens (including phenoxy) is 1. The number of halogens is 1. The van der Waals surface area contributed by atoms with Crippen molar-refractivity contribution in [1.82, 2.24) is 5.32 Å². The van der Waals surface area contributed by atoms with Crippen LogP contribution in [0.25, 0.3) is 0 Å². The molecule has 0 aliphatic carbocycles. The quantitative estimate of drug-likeness (QED) is 0.587. The molecule has 0 spiro atoms. The van der Waals surface area contributed by atoms with Crippen molar-refractivity contribution in [3.05, 3.63) is 95.0 Å². The van der Waals surface area contributed by atoms with Gasteiger partial charge in [0.05, 0.1) is 11.1 Å². The Bertz CT molecular complexity index is 992. The molecular weight excluding hydrogens is 388 g/mol. The van der Waals surface area contributed by atoms with Crippen molar-refractivity contribution in [3.63, 3.8) is 0 Å². The predicted octanol–water partition coefficient (Wildman–Crippen LogP) is 4.85. The van der Waals surface area contributed by atoms with E-state index in [0.29, 0.717) is 22.0 Å². The topological polar surface area (TPSA) is 67.4 Å². The van der Waals surface area contributed by atoms with E-state index in [1.54, 1.807) is 42.5 Å². The first-order valence-corrected chi connectivity index (χ1v) is 9.54. The summed E-state index contributed by atoms with van der Waals surface area (Å²) in [5.41, 5.74) is 2.10. The van der Waals surface area contributed by atoms with Crippen molar-refractivity contribution < 1.29 is 14.3 Å². The second kappa shape index (κ2) is 9.75. The van der Waals surface area contributed by atoms with Crippen LogP contribution in [0.5, 0.6) is 5.75 Å². The van der Waals surface area contributed by atoms with E-state index in [0.717, 1.165) is 5.56 Å². The summed E-state index contributed by atoms with van der Waals surface area (Å²) in [5.74, 6) is 0.00585. The molecule has 0 saturated heterocycles. The molecule has 148 valence electrons. The van der Waals surface area contributed by atoms with E-state index >= 15 is 0 Å². The van der Waals surface area contributed by atoms with Crippen LogP contribution >= 0.6 is 11.6 Å². The number of para-hydroxylation sites is 1. The fourth-order valence-corrected chi connectivity index (χ4v) is 2.94. The van der Waals surface area contributed by atoms with E-state index in [9.17, 15) is 9.59 Å². The molecular formula is C23H21ClN2O3. The summed E-state index contributed by atoms with van der Waals surface area (Å²) in [5, 5.41) is 6.20. The number of benzene rings is 3. The van der Waals surface area contributed by atoms with Crippen molar-refractivity contribution in [2.24, 2.45) is 0 Å². The monoisotopic (exact) mass is 408 g/mol. The lowest BCUT2D eigenvalue weighted by Gasteiger charge is -2.16. The van der Waals surface area contributed by atoms with Gasteiger partial charge >= 0.3 is 0 Å². The van der Waals surface area contributed by atoms with E-state index in [-0.39, 0.29) is 24.5 Å². The highest BCUT2D eigenvalue weighted by Gasteiger charge is 2.12. The second-order valence-electron chi connectivity index (χ2n) is 6.45. The average molecular weight is 409 g/mol. The van der Waals surface area contributed by atoms with Crippen LogP contribution in [0, 0.1) is 0 Å². The van der Waals surface area contributed by atoms with Crippen LogP contribution in [-0.2, 0) is 4.79 Å². The highest BCUT2D eigenvalue weighted by molar-refractivity contribution is 6.32. The zero-order valence-corrected chi connectivity index (χ0v) is 16.6. The molecule has 1 atom stereocenters. The van der Waals surface area contributed by atoms with Gasteiger partial charge in [-0.1, -0.05) is 54.1 Å². The molecule has 3 rings (SSSR count). The van der Waals surface area contributed by atoms with Gasteiger partial charge in [0.25, 0.3) is 11.8 Å². The zero-order chi connectivity index (χ0) is 20.6. The van der Waals surface area contributed by atoms with Gasteiger partial charge in [0, 0.05) is 11.3 Å². The number of amides is 2. The Kier molecular flexibility index (Phi) is 6.87. The fraction of sp³-hybridized carbons (Fsp3) is 0.130. The number of nitrogens with one attached hydrogen (secondary N) is 2. The number of rotatable bonds is 7. The molecule has 29 heavy (non-hydrogen) atoms. The van der Waals surface area contributed by atoms with E-state index in [1.165, 1.54) is 0 Å². The van der Waals surface area contributed by atoms with E-state index in [4.69, 9.17) is 16.3 Å². The maximum absolute atomic E-state index is 12.3. The first kappa shape index (κ1) is 20.4. The molecule has 0 aromatic heterocycles. The Hall–Kier alpha value is -3.31. The first-order chi connectivity index (χ1) is 14.0. The molecule has 0 bridgehead atoms. The van der Waals surface area contributed by atoms with Gasteiger partial charge in [-0.05, 0) is 48.9 Å². The molecule has 3 aromatic carbocycles. The highest BCUT2D eigenvalue weighted by atomic mass is 35.5. The molecule has 2 amide bonds. The van der Waals surface area contributed by atoms with Crippen molar-refractivity contribution in [2.45, 2.75) is 13.0 Å². The summed E-state index contributed by atoms with van der Waals surface area (Å²) >= 11 is 6.02. The molecule has 0 fully saturated rings. The number of hydrogen-bond donors (Lipinski definition) is 2. The minimum absolute atomic E-state index is 0.140. The van der Waals surface area contributed by atoms with Crippen LogP contribution in [0.4, 0.5) is 5.69 Å². The summed E-state index contributed by atoms with van der Waals surface area (Å²) in [7, 11) is 0. The van der Waals surface area contributed by atoms with Crippen LogP contribution in [0.2, 0.25) is 5.02 Å². The third-order valence-corrected chi connectivity index (χ3v) is 4.57. The maximum Gasteiger partial charge on any atom is 0.258 e. The SMILES string of the molecule is C[C@H](NC(=O)COc1ccccc1Cl)c1cccc(NC(=O)c2ccccc2)c1. The molecule has 6 heteroatoms. The number of anilines is 1. The maximum atomic E-state index is 12.3. The lowest BCUT2D eigenvalue weighted by Crippen LogP contribution is -2.31. The summed E-state index contributed by atoms with van der Waals surface area (Å²) in [6, 6.07) is 23.1. The largest absolute Gasteiger partial charge is 0.482 e. The molecule has 0 radical (unpaired) electrons. The van der Waals surface area contributed by atoms with Crippen molar-refractivity contribution in [1.29, 1.82) is 0 Å². The summed E-state index contributed by atoms with van der Waals surface area (Å²) in [6.45, 7) is 1.73. The molecule has 0 unspecified atom stereocenters. The molecule has 0 aliphatic rings. The highest BCUT2D eigenvalue weighted by Crippen LogP contribution is 2.23. The predicted molar refractivity (Wildman–Crippen MR) is 114 cm³/mol. The number of carbonyl (C=O) groups is 2. The van der Waals surface area contributed by atoms with Gasteiger partial charge in [0.1, 0.15) is 5.75 Å². The Balaban J connectivity index is 1.57. The molecule has 0 saturated carbocycles. The average Bonchev–Trinajstić information content (AvgIpc) is 2.74. The lowest BCUT2D eigenvalue weighted by molar-refractivity contribution is -0.123. The summed E-state index contributed by atoms with van der Waals surface area (Å²) in [6.07, 6.45) is 0. The van der Waals surface area contributed by atoms with Gasteiger partial charge in [-0.25, -0.2) is 0 Å². The number of carbonyl (C=O) groups excluding carboxylic acids is 2. The van der Waals surface area contributed by atoms with E-state index in [1.807, 2.05) is 43.3 Å².